The van der Waals surface area contributed by atoms with Crippen LogP contribution in [0.25, 0.3) is 0 Å². The van der Waals surface area contributed by atoms with Crippen LogP contribution in [-0.2, 0) is 9.53 Å². The minimum atomic E-state index is -0.311. The minimum Gasteiger partial charge on any atom is -0.455 e. The van der Waals surface area contributed by atoms with Gasteiger partial charge in [-0.3, -0.25) is 0 Å². The van der Waals surface area contributed by atoms with Crippen molar-refractivity contribution in [3.05, 3.63) is 12.2 Å². The molecule has 0 amide bonds. The van der Waals surface area contributed by atoms with Crippen LogP contribution in [0.1, 0.15) is 34.1 Å². The Morgan fingerprint density at radius 3 is 1.92 bits per heavy atom. The zero-order valence-electron chi connectivity index (χ0n) is 8.89. The molecule has 0 unspecified atom stereocenters. The molecule has 1 heterocycles. The fourth-order valence-electron chi connectivity index (χ4n) is 2.00. The Labute approximate surface area is 80.0 Å². The fraction of sp³-hybridized carbons (Fsp3) is 0.727. The lowest BCUT2D eigenvalue weighted by atomic mass is 9.78. The lowest BCUT2D eigenvalue weighted by molar-refractivity contribution is -0.155. The molecule has 1 fully saturated rings. The van der Waals surface area contributed by atoms with Gasteiger partial charge in [0.05, 0.1) is 0 Å². The highest BCUT2D eigenvalue weighted by molar-refractivity contribution is 5.90. The Morgan fingerprint density at radius 1 is 1.31 bits per heavy atom. The third-order valence-electron chi connectivity index (χ3n) is 3.02. The van der Waals surface area contributed by atoms with Crippen molar-refractivity contribution in [1.82, 2.24) is 0 Å². The third kappa shape index (κ3) is 1.50. The summed E-state index contributed by atoms with van der Waals surface area (Å²) in [7, 11) is 0. The van der Waals surface area contributed by atoms with Gasteiger partial charge in [-0.2, -0.15) is 0 Å². The number of hydrogen-bond donors (Lipinski definition) is 0. The molecule has 1 aliphatic heterocycles. The van der Waals surface area contributed by atoms with Crippen LogP contribution in [0.5, 0.6) is 0 Å². The largest absolute Gasteiger partial charge is 0.455 e. The van der Waals surface area contributed by atoms with Crippen molar-refractivity contribution < 1.29 is 9.53 Å². The molecule has 0 N–H and O–H groups in total. The standard InChI is InChI=1S/C11H18O2/c1-7(2)11(8(3)4)6-9(5)10(12)13-11/h7-8H,5-6H2,1-4H3. The molecule has 0 saturated carbocycles. The molecular formula is C11H18O2. The van der Waals surface area contributed by atoms with Crippen molar-refractivity contribution in [3.8, 4) is 0 Å². The number of cyclic esters (lactones) is 1. The number of carbonyl (C=O) groups excluding carboxylic acids is 1. The molecule has 1 aliphatic rings. The summed E-state index contributed by atoms with van der Waals surface area (Å²) in [4.78, 5) is 11.3. The van der Waals surface area contributed by atoms with Crippen LogP contribution >= 0.6 is 0 Å². The molecule has 1 saturated heterocycles. The average molecular weight is 182 g/mol. The summed E-state index contributed by atoms with van der Waals surface area (Å²) in [5.41, 5.74) is 0.302. The maximum atomic E-state index is 11.3. The van der Waals surface area contributed by atoms with Crippen LogP contribution in [0.15, 0.2) is 12.2 Å². The molecule has 0 bridgehead atoms. The average Bonchev–Trinajstić information content (AvgIpc) is 2.29. The van der Waals surface area contributed by atoms with Gasteiger partial charge in [-0.15, -0.1) is 0 Å². The molecule has 1 rings (SSSR count). The van der Waals surface area contributed by atoms with E-state index in [0.717, 1.165) is 0 Å². The molecule has 74 valence electrons. The Balaban J connectivity index is 2.96. The fourth-order valence-corrected chi connectivity index (χ4v) is 2.00. The molecule has 0 atom stereocenters. The number of carbonyl (C=O) groups is 1. The molecule has 0 aromatic rings. The maximum absolute atomic E-state index is 11.3. The van der Waals surface area contributed by atoms with Crippen LogP contribution < -0.4 is 0 Å². The first-order valence-electron chi connectivity index (χ1n) is 4.81. The van der Waals surface area contributed by atoms with E-state index in [4.69, 9.17) is 4.74 Å². The lowest BCUT2D eigenvalue weighted by Gasteiger charge is -2.35. The zero-order chi connectivity index (χ0) is 10.2. The minimum absolute atomic E-state index is 0.220. The van der Waals surface area contributed by atoms with E-state index in [1.165, 1.54) is 0 Å². The zero-order valence-corrected chi connectivity index (χ0v) is 8.89. The van der Waals surface area contributed by atoms with Gasteiger partial charge in [-0.05, 0) is 11.8 Å². The van der Waals surface area contributed by atoms with E-state index in [1.54, 1.807) is 0 Å². The van der Waals surface area contributed by atoms with Gasteiger partial charge in [0.25, 0.3) is 0 Å². The molecule has 0 spiro atoms. The van der Waals surface area contributed by atoms with Gasteiger partial charge in [-0.1, -0.05) is 34.3 Å². The van der Waals surface area contributed by atoms with Crippen molar-refractivity contribution in [2.75, 3.05) is 0 Å². The predicted molar refractivity (Wildman–Crippen MR) is 52.3 cm³/mol. The molecule has 0 radical (unpaired) electrons. The van der Waals surface area contributed by atoms with Crippen LogP contribution in [0.4, 0.5) is 0 Å². The topological polar surface area (TPSA) is 26.3 Å². The van der Waals surface area contributed by atoms with Gasteiger partial charge in [0.15, 0.2) is 0 Å². The highest BCUT2D eigenvalue weighted by Gasteiger charge is 2.47. The smallest absolute Gasteiger partial charge is 0.334 e. The van der Waals surface area contributed by atoms with E-state index in [2.05, 4.69) is 34.3 Å². The maximum Gasteiger partial charge on any atom is 0.334 e. The first-order valence-corrected chi connectivity index (χ1v) is 4.81. The second-order valence-corrected chi connectivity index (χ2v) is 4.43. The first-order chi connectivity index (χ1) is 5.90. The summed E-state index contributed by atoms with van der Waals surface area (Å²) < 4.78 is 5.45. The van der Waals surface area contributed by atoms with Crippen molar-refractivity contribution in [2.24, 2.45) is 11.8 Å². The SMILES string of the molecule is C=C1CC(C(C)C)(C(C)C)OC1=O. The number of ether oxygens (including phenoxy) is 1. The Bertz CT molecular complexity index is 212. The normalized spacial score (nSPS) is 21.4. The number of rotatable bonds is 2. The predicted octanol–water partition coefficient (Wildman–Crippen LogP) is 2.54. The number of hydrogen-bond acceptors (Lipinski definition) is 2. The van der Waals surface area contributed by atoms with Gasteiger partial charge < -0.3 is 4.74 Å². The van der Waals surface area contributed by atoms with Crippen LogP contribution in [0, 0.1) is 11.8 Å². The third-order valence-corrected chi connectivity index (χ3v) is 3.02. The molecule has 13 heavy (non-hydrogen) atoms. The quantitative estimate of drug-likeness (QED) is 0.484. The molecular weight excluding hydrogens is 164 g/mol. The van der Waals surface area contributed by atoms with Gasteiger partial charge >= 0.3 is 5.97 Å². The van der Waals surface area contributed by atoms with Crippen molar-refractivity contribution >= 4 is 5.97 Å². The van der Waals surface area contributed by atoms with Crippen LogP contribution in [-0.4, -0.2) is 11.6 Å². The number of esters is 1. The summed E-state index contributed by atoms with van der Waals surface area (Å²) in [6, 6.07) is 0. The molecule has 0 aromatic carbocycles. The van der Waals surface area contributed by atoms with E-state index >= 15 is 0 Å². The summed E-state index contributed by atoms with van der Waals surface area (Å²) in [5, 5.41) is 0. The summed E-state index contributed by atoms with van der Waals surface area (Å²) in [6.45, 7) is 12.1. The van der Waals surface area contributed by atoms with E-state index < -0.39 is 0 Å². The monoisotopic (exact) mass is 182 g/mol. The van der Waals surface area contributed by atoms with Crippen molar-refractivity contribution in [1.29, 1.82) is 0 Å². The Kier molecular flexibility index (Phi) is 2.51. The highest BCUT2D eigenvalue weighted by atomic mass is 16.6. The van der Waals surface area contributed by atoms with Gasteiger partial charge in [0.2, 0.25) is 0 Å². The van der Waals surface area contributed by atoms with E-state index in [0.29, 0.717) is 23.8 Å². The molecule has 0 aliphatic carbocycles. The lowest BCUT2D eigenvalue weighted by Crippen LogP contribution is -2.40. The second-order valence-electron chi connectivity index (χ2n) is 4.43. The van der Waals surface area contributed by atoms with E-state index in [1.807, 2.05) is 0 Å². The van der Waals surface area contributed by atoms with Gasteiger partial charge in [0, 0.05) is 12.0 Å². The Morgan fingerprint density at radius 2 is 1.77 bits per heavy atom. The van der Waals surface area contributed by atoms with Crippen LogP contribution in [0.2, 0.25) is 0 Å². The van der Waals surface area contributed by atoms with Crippen LogP contribution in [0.3, 0.4) is 0 Å². The summed E-state index contributed by atoms with van der Waals surface area (Å²) in [5.74, 6) is 0.466. The molecule has 0 aromatic heterocycles. The van der Waals surface area contributed by atoms with E-state index in [-0.39, 0.29) is 11.6 Å². The van der Waals surface area contributed by atoms with Gasteiger partial charge in [0.1, 0.15) is 5.60 Å². The summed E-state index contributed by atoms with van der Waals surface area (Å²) in [6.07, 6.45) is 0.682. The first kappa shape index (κ1) is 10.3. The highest BCUT2D eigenvalue weighted by Crippen LogP contribution is 2.41. The molecule has 2 heteroatoms. The molecule has 2 nitrogen and oxygen atoms in total. The summed E-state index contributed by atoms with van der Waals surface area (Å²) >= 11 is 0. The van der Waals surface area contributed by atoms with E-state index in [9.17, 15) is 4.79 Å². The Hall–Kier alpha value is -0.790. The van der Waals surface area contributed by atoms with Gasteiger partial charge in [-0.25, -0.2) is 4.79 Å². The second kappa shape index (κ2) is 3.17. The van der Waals surface area contributed by atoms with Crippen molar-refractivity contribution in [3.63, 3.8) is 0 Å². The van der Waals surface area contributed by atoms with Crippen molar-refractivity contribution in [2.45, 2.75) is 39.7 Å².